The lowest BCUT2D eigenvalue weighted by Crippen LogP contribution is -2.43. The summed E-state index contributed by atoms with van der Waals surface area (Å²) >= 11 is 5.96. The van der Waals surface area contributed by atoms with Gasteiger partial charge < -0.3 is 10.2 Å². The first-order valence-electron chi connectivity index (χ1n) is 8.93. The molecule has 1 N–H and O–H groups in total. The molecule has 0 fully saturated rings. The molecule has 0 aliphatic carbocycles. The molecule has 2 amide bonds. The third kappa shape index (κ3) is 5.33. The van der Waals surface area contributed by atoms with Gasteiger partial charge in [0.25, 0.3) is 0 Å². The second-order valence-electron chi connectivity index (χ2n) is 6.11. The molecule has 138 valence electrons. The third-order valence-electron chi connectivity index (χ3n) is 4.11. The third-order valence-corrected chi connectivity index (χ3v) is 4.37. The second-order valence-corrected chi connectivity index (χ2v) is 6.54. The maximum absolute atomic E-state index is 12.9. The van der Waals surface area contributed by atoms with Crippen molar-refractivity contribution in [3.05, 3.63) is 70.7 Å². The zero-order valence-corrected chi connectivity index (χ0v) is 16.0. The summed E-state index contributed by atoms with van der Waals surface area (Å²) in [5.74, 6) is -0.228. The monoisotopic (exact) mass is 372 g/mol. The number of hydrogen-bond donors (Lipinski definition) is 1. The number of benzene rings is 2. The fourth-order valence-corrected chi connectivity index (χ4v) is 2.89. The Balaban J connectivity index is 2.38. The van der Waals surface area contributed by atoms with Crippen LogP contribution in [0, 0.1) is 0 Å². The van der Waals surface area contributed by atoms with Crippen LogP contribution in [-0.2, 0) is 16.1 Å². The van der Waals surface area contributed by atoms with Gasteiger partial charge in [0, 0.05) is 24.5 Å². The maximum Gasteiger partial charge on any atom is 0.247 e. The lowest BCUT2D eigenvalue weighted by Gasteiger charge is -2.31. The molecule has 4 nitrogen and oxygen atoms in total. The Morgan fingerprint density at radius 1 is 1.04 bits per heavy atom. The molecule has 0 saturated heterocycles. The van der Waals surface area contributed by atoms with Gasteiger partial charge in [0.05, 0.1) is 0 Å². The normalized spacial score (nSPS) is 11.7. The predicted molar refractivity (Wildman–Crippen MR) is 105 cm³/mol. The van der Waals surface area contributed by atoms with E-state index in [9.17, 15) is 9.59 Å². The molecule has 0 aromatic heterocycles. The van der Waals surface area contributed by atoms with E-state index in [1.54, 1.807) is 17.0 Å². The maximum atomic E-state index is 12.9. The van der Waals surface area contributed by atoms with E-state index in [1.165, 1.54) is 0 Å². The van der Waals surface area contributed by atoms with Gasteiger partial charge in [-0.25, -0.2) is 0 Å². The van der Waals surface area contributed by atoms with Gasteiger partial charge in [0.1, 0.15) is 6.04 Å². The van der Waals surface area contributed by atoms with Gasteiger partial charge in [-0.1, -0.05) is 67.9 Å². The Morgan fingerprint density at radius 3 is 2.27 bits per heavy atom. The molecule has 1 atom stereocenters. The van der Waals surface area contributed by atoms with Crippen LogP contribution in [0.25, 0.3) is 0 Å². The van der Waals surface area contributed by atoms with Crippen LogP contribution < -0.4 is 5.32 Å². The number of halogens is 1. The quantitative estimate of drug-likeness (QED) is 0.749. The number of carbonyl (C=O) groups is 2. The fraction of sp³-hybridized carbons (Fsp3) is 0.333. The Bertz CT molecular complexity index is 717. The van der Waals surface area contributed by atoms with E-state index in [0.29, 0.717) is 24.5 Å². The van der Waals surface area contributed by atoms with Crippen molar-refractivity contribution >= 4 is 23.4 Å². The van der Waals surface area contributed by atoms with Gasteiger partial charge in [-0.15, -0.1) is 0 Å². The molecule has 26 heavy (non-hydrogen) atoms. The summed E-state index contributed by atoms with van der Waals surface area (Å²) in [6.45, 7) is 4.74. The molecule has 2 aromatic rings. The van der Waals surface area contributed by atoms with Crippen LogP contribution in [0.1, 0.15) is 43.9 Å². The van der Waals surface area contributed by atoms with Crippen molar-refractivity contribution < 1.29 is 9.59 Å². The number of amides is 2. The van der Waals surface area contributed by atoms with Crippen LogP contribution in [0.4, 0.5) is 0 Å². The van der Waals surface area contributed by atoms with Crippen LogP contribution in [0.3, 0.4) is 0 Å². The first-order chi connectivity index (χ1) is 12.6. The Hall–Kier alpha value is -2.33. The van der Waals surface area contributed by atoms with Crippen molar-refractivity contribution in [2.24, 2.45) is 0 Å². The highest BCUT2D eigenvalue weighted by molar-refractivity contribution is 6.30. The molecule has 0 heterocycles. The van der Waals surface area contributed by atoms with E-state index in [-0.39, 0.29) is 11.8 Å². The zero-order chi connectivity index (χ0) is 18.9. The fourth-order valence-electron chi connectivity index (χ4n) is 2.77. The summed E-state index contributed by atoms with van der Waals surface area (Å²) in [6.07, 6.45) is 1.17. The summed E-state index contributed by atoms with van der Waals surface area (Å²) in [7, 11) is 0. The Labute approximate surface area is 160 Å². The molecule has 0 bridgehead atoms. The van der Waals surface area contributed by atoms with Gasteiger partial charge in [-0.2, -0.15) is 0 Å². The van der Waals surface area contributed by atoms with E-state index < -0.39 is 6.04 Å². The first-order valence-corrected chi connectivity index (χ1v) is 9.31. The van der Waals surface area contributed by atoms with Gasteiger partial charge in [-0.3, -0.25) is 9.59 Å². The summed E-state index contributed by atoms with van der Waals surface area (Å²) in [6, 6.07) is 16.1. The van der Waals surface area contributed by atoms with Gasteiger partial charge >= 0.3 is 0 Å². The average Bonchev–Trinajstić information content (AvgIpc) is 2.67. The smallest absolute Gasteiger partial charge is 0.247 e. The number of hydrogen-bond acceptors (Lipinski definition) is 2. The molecule has 0 spiro atoms. The van der Waals surface area contributed by atoms with Crippen molar-refractivity contribution in [1.29, 1.82) is 0 Å². The number of rotatable bonds is 8. The molecule has 0 unspecified atom stereocenters. The van der Waals surface area contributed by atoms with Crippen LogP contribution in [-0.4, -0.2) is 23.3 Å². The van der Waals surface area contributed by atoms with Crippen LogP contribution in [0.5, 0.6) is 0 Å². The van der Waals surface area contributed by atoms with Crippen molar-refractivity contribution in [3.8, 4) is 0 Å². The predicted octanol–water partition coefficient (Wildman–Crippen LogP) is 4.35. The molecule has 0 aliphatic rings. The summed E-state index contributed by atoms with van der Waals surface area (Å²) in [4.78, 5) is 27.2. The highest BCUT2D eigenvalue weighted by Crippen LogP contribution is 2.25. The molecule has 2 aromatic carbocycles. The van der Waals surface area contributed by atoms with Crippen molar-refractivity contribution in [2.45, 2.75) is 39.3 Å². The number of nitrogens with one attached hydrogen (secondary N) is 1. The van der Waals surface area contributed by atoms with Crippen LogP contribution in [0.2, 0.25) is 5.02 Å². The molecule has 5 heteroatoms. The lowest BCUT2D eigenvalue weighted by molar-refractivity contribution is -0.141. The average molecular weight is 373 g/mol. The highest BCUT2D eigenvalue weighted by atomic mass is 35.5. The largest absolute Gasteiger partial charge is 0.354 e. The van der Waals surface area contributed by atoms with E-state index in [4.69, 9.17) is 11.6 Å². The minimum absolute atomic E-state index is 0.0690. The molecule has 0 radical (unpaired) electrons. The van der Waals surface area contributed by atoms with E-state index in [1.807, 2.05) is 56.3 Å². The van der Waals surface area contributed by atoms with Crippen molar-refractivity contribution in [2.75, 3.05) is 6.54 Å². The minimum atomic E-state index is -0.661. The van der Waals surface area contributed by atoms with Crippen molar-refractivity contribution in [1.82, 2.24) is 10.2 Å². The Morgan fingerprint density at radius 2 is 1.69 bits per heavy atom. The molecule has 0 saturated carbocycles. The summed E-state index contributed by atoms with van der Waals surface area (Å²) < 4.78 is 0. The molecular formula is C21H25ClN2O2. The standard InChI is InChI=1S/C21H25ClN2O2/c1-3-14-23-21(26)20(17-8-6-5-7-9-17)24(19(25)4-2)15-16-10-12-18(22)13-11-16/h5-13,20H,3-4,14-15H2,1-2H3,(H,23,26)/t20-/m1/s1. The van der Waals surface area contributed by atoms with Gasteiger partial charge in [0.2, 0.25) is 11.8 Å². The van der Waals surface area contributed by atoms with Gasteiger partial charge in [0.15, 0.2) is 0 Å². The van der Waals surface area contributed by atoms with E-state index >= 15 is 0 Å². The minimum Gasteiger partial charge on any atom is -0.354 e. The Kier molecular flexibility index (Phi) is 7.67. The number of nitrogens with zero attached hydrogens (tertiary/aromatic N) is 1. The van der Waals surface area contributed by atoms with E-state index in [0.717, 1.165) is 17.5 Å². The summed E-state index contributed by atoms with van der Waals surface area (Å²) in [5, 5.41) is 3.57. The topological polar surface area (TPSA) is 49.4 Å². The van der Waals surface area contributed by atoms with Crippen LogP contribution in [0.15, 0.2) is 54.6 Å². The van der Waals surface area contributed by atoms with Crippen LogP contribution >= 0.6 is 11.6 Å². The lowest BCUT2D eigenvalue weighted by atomic mass is 10.0. The molecule has 0 aliphatic heterocycles. The highest BCUT2D eigenvalue weighted by Gasteiger charge is 2.30. The van der Waals surface area contributed by atoms with Gasteiger partial charge in [-0.05, 0) is 29.7 Å². The second kappa shape index (κ2) is 9.97. The first kappa shape index (κ1) is 20.0. The molecular weight excluding hydrogens is 348 g/mol. The SMILES string of the molecule is CCCNC(=O)[C@@H](c1ccccc1)N(Cc1ccc(Cl)cc1)C(=O)CC. The van der Waals surface area contributed by atoms with Crippen molar-refractivity contribution in [3.63, 3.8) is 0 Å². The van der Waals surface area contributed by atoms with E-state index in [2.05, 4.69) is 5.32 Å². The zero-order valence-electron chi connectivity index (χ0n) is 15.2. The number of carbonyl (C=O) groups excluding carboxylic acids is 2. The summed E-state index contributed by atoms with van der Waals surface area (Å²) in [5.41, 5.74) is 1.73. The molecule has 2 rings (SSSR count).